The van der Waals surface area contributed by atoms with Gasteiger partial charge in [-0.05, 0) is 51.3 Å². The fourth-order valence-electron chi connectivity index (χ4n) is 4.34. The standard InChI is InChI=1S/C27H33N5O/c1-19-10-12-23(13-11-19)18-24-21(3)28-22(4)29-26(24)31-14-7-15-32(17-16-31)27(33)30-25-9-6-5-8-20(25)2/h5-6,8-13H,7,14-18H2,1-4H3,(H,30,33). The third-order valence-corrected chi connectivity index (χ3v) is 6.27. The van der Waals surface area contributed by atoms with Crippen LogP contribution < -0.4 is 10.2 Å². The first kappa shape index (κ1) is 22.8. The molecule has 1 aliphatic heterocycles. The Bertz CT molecular complexity index is 1130. The SMILES string of the molecule is Cc1ccc(Cc2c(C)nc(C)nc2N2CCCN(C(=O)Nc3ccccc3C)CC2)cc1. The fraction of sp³-hybridized carbons (Fsp3) is 0.370. The predicted octanol–water partition coefficient (Wildman–Crippen LogP) is 5.05. The van der Waals surface area contributed by atoms with Gasteiger partial charge in [-0.2, -0.15) is 0 Å². The highest BCUT2D eigenvalue weighted by molar-refractivity contribution is 5.90. The molecule has 33 heavy (non-hydrogen) atoms. The highest BCUT2D eigenvalue weighted by Gasteiger charge is 2.23. The number of benzene rings is 2. The lowest BCUT2D eigenvalue weighted by atomic mass is 10.0. The van der Waals surface area contributed by atoms with Crippen molar-refractivity contribution >= 4 is 17.5 Å². The molecular formula is C27H33N5O. The van der Waals surface area contributed by atoms with Crippen molar-refractivity contribution < 1.29 is 4.79 Å². The number of aryl methyl sites for hydroxylation is 4. The quantitative estimate of drug-likeness (QED) is 0.613. The largest absolute Gasteiger partial charge is 0.354 e. The van der Waals surface area contributed by atoms with Crippen LogP contribution in [0, 0.1) is 27.7 Å². The number of hydrogen-bond donors (Lipinski definition) is 1. The van der Waals surface area contributed by atoms with Gasteiger partial charge in [-0.15, -0.1) is 0 Å². The molecule has 6 heteroatoms. The number of nitrogens with zero attached hydrogens (tertiary/aromatic N) is 4. The normalized spacial score (nSPS) is 14.2. The number of hydrogen-bond acceptors (Lipinski definition) is 4. The second-order valence-corrected chi connectivity index (χ2v) is 8.89. The lowest BCUT2D eigenvalue weighted by molar-refractivity contribution is 0.215. The van der Waals surface area contributed by atoms with Crippen molar-refractivity contribution in [2.75, 3.05) is 36.4 Å². The Kier molecular flexibility index (Phi) is 6.92. The summed E-state index contributed by atoms with van der Waals surface area (Å²) in [5.41, 5.74) is 6.64. The molecule has 0 bridgehead atoms. The van der Waals surface area contributed by atoms with Crippen LogP contribution in [0.5, 0.6) is 0 Å². The summed E-state index contributed by atoms with van der Waals surface area (Å²) >= 11 is 0. The van der Waals surface area contributed by atoms with Crippen molar-refractivity contribution in [2.24, 2.45) is 0 Å². The van der Waals surface area contributed by atoms with Crippen LogP contribution in [-0.2, 0) is 6.42 Å². The summed E-state index contributed by atoms with van der Waals surface area (Å²) in [6.45, 7) is 11.1. The monoisotopic (exact) mass is 443 g/mol. The molecule has 2 heterocycles. The number of urea groups is 1. The number of anilines is 2. The van der Waals surface area contributed by atoms with Gasteiger partial charge >= 0.3 is 6.03 Å². The van der Waals surface area contributed by atoms with Crippen molar-refractivity contribution in [2.45, 2.75) is 40.5 Å². The molecule has 6 nitrogen and oxygen atoms in total. The maximum atomic E-state index is 12.9. The summed E-state index contributed by atoms with van der Waals surface area (Å²) in [6.07, 6.45) is 1.70. The topological polar surface area (TPSA) is 61.4 Å². The molecule has 0 aliphatic carbocycles. The molecule has 2 amide bonds. The second kappa shape index (κ2) is 10.0. The Morgan fingerprint density at radius 1 is 0.909 bits per heavy atom. The zero-order chi connectivity index (χ0) is 23.4. The number of amides is 2. The molecule has 4 rings (SSSR count). The van der Waals surface area contributed by atoms with E-state index in [1.165, 1.54) is 16.7 Å². The molecule has 0 atom stereocenters. The van der Waals surface area contributed by atoms with Gasteiger partial charge in [0, 0.05) is 49.5 Å². The minimum absolute atomic E-state index is 0.0407. The maximum Gasteiger partial charge on any atom is 0.321 e. The van der Waals surface area contributed by atoms with E-state index in [-0.39, 0.29) is 6.03 Å². The van der Waals surface area contributed by atoms with Gasteiger partial charge < -0.3 is 15.1 Å². The summed E-state index contributed by atoms with van der Waals surface area (Å²) in [4.78, 5) is 26.7. The fourth-order valence-corrected chi connectivity index (χ4v) is 4.34. The first-order chi connectivity index (χ1) is 15.9. The summed E-state index contributed by atoms with van der Waals surface area (Å²) in [5.74, 6) is 1.79. The van der Waals surface area contributed by atoms with Crippen LogP contribution >= 0.6 is 0 Å². The van der Waals surface area contributed by atoms with Crippen molar-refractivity contribution in [1.82, 2.24) is 14.9 Å². The van der Waals surface area contributed by atoms with Gasteiger partial charge in [0.15, 0.2) is 0 Å². The molecule has 0 radical (unpaired) electrons. The lowest BCUT2D eigenvalue weighted by Gasteiger charge is -2.26. The number of nitrogens with one attached hydrogen (secondary N) is 1. The first-order valence-corrected chi connectivity index (χ1v) is 11.7. The van der Waals surface area contributed by atoms with E-state index in [0.29, 0.717) is 6.54 Å². The summed E-state index contributed by atoms with van der Waals surface area (Å²) in [5, 5.41) is 3.07. The van der Waals surface area contributed by atoms with Crippen LogP contribution in [-0.4, -0.2) is 47.1 Å². The van der Waals surface area contributed by atoms with Crippen LogP contribution in [0.4, 0.5) is 16.3 Å². The zero-order valence-corrected chi connectivity index (χ0v) is 20.1. The van der Waals surface area contributed by atoms with E-state index in [4.69, 9.17) is 4.98 Å². The van der Waals surface area contributed by atoms with E-state index in [1.807, 2.05) is 43.0 Å². The van der Waals surface area contributed by atoms with Crippen molar-refractivity contribution in [3.05, 3.63) is 82.3 Å². The molecule has 172 valence electrons. The molecule has 1 fully saturated rings. The highest BCUT2D eigenvalue weighted by atomic mass is 16.2. The maximum absolute atomic E-state index is 12.9. The molecule has 1 N–H and O–H groups in total. The van der Waals surface area contributed by atoms with E-state index in [1.54, 1.807) is 0 Å². The van der Waals surface area contributed by atoms with E-state index >= 15 is 0 Å². The van der Waals surface area contributed by atoms with Crippen molar-refractivity contribution in [3.8, 4) is 0 Å². The molecule has 0 spiro atoms. The highest BCUT2D eigenvalue weighted by Crippen LogP contribution is 2.25. The molecule has 1 aromatic heterocycles. The number of carbonyl (C=O) groups excluding carboxylic acids is 1. The second-order valence-electron chi connectivity index (χ2n) is 8.89. The molecule has 0 saturated carbocycles. The average molecular weight is 444 g/mol. The molecular weight excluding hydrogens is 410 g/mol. The molecule has 0 unspecified atom stereocenters. The Morgan fingerprint density at radius 2 is 1.67 bits per heavy atom. The Morgan fingerprint density at radius 3 is 2.42 bits per heavy atom. The molecule has 1 saturated heterocycles. The van der Waals surface area contributed by atoms with Crippen LogP contribution in [0.3, 0.4) is 0 Å². The Labute approximate surface area is 196 Å². The van der Waals surface area contributed by atoms with Crippen molar-refractivity contribution in [1.29, 1.82) is 0 Å². The van der Waals surface area contributed by atoms with Gasteiger partial charge in [0.2, 0.25) is 0 Å². The summed E-state index contributed by atoms with van der Waals surface area (Å²) < 4.78 is 0. The van der Waals surface area contributed by atoms with Gasteiger partial charge in [0.25, 0.3) is 0 Å². The minimum atomic E-state index is -0.0407. The third-order valence-electron chi connectivity index (χ3n) is 6.27. The average Bonchev–Trinajstić information content (AvgIpc) is 3.05. The lowest BCUT2D eigenvalue weighted by Crippen LogP contribution is -2.38. The van der Waals surface area contributed by atoms with Crippen molar-refractivity contribution in [3.63, 3.8) is 0 Å². The minimum Gasteiger partial charge on any atom is -0.354 e. The van der Waals surface area contributed by atoms with Crippen LogP contribution in [0.15, 0.2) is 48.5 Å². The number of aromatic nitrogens is 2. The van der Waals surface area contributed by atoms with E-state index in [2.05, 4.69) is 53.3 Å². The predicted molar refractivity (Wildman–Crippen MR) is 134 cm³/mol. The number of carbonyl (C=O) groups is 1. The number of rotatable bonds is 4. The van der Waals surface area contributed by atoms with Gasteiger partial charge in [0.05, 0.1) is 0 Å². The van der Waals surface area contributed by atoms with Gasteiger partial charge in [-0.25, -0.2) is 14.8 Å². The van der Waals surface area contributed by atoms with E-state index in [9.17, 15) is 4.79 Å². The summed E-state index contributed by atoms with van der Waals surface area (Å²) in [7, 11) is 0. The van der Waals surface area contributed by atoms with Gasteiger partial charge in [0.1, 0.15) is 11.6 Å². The number of para-hydroxylation sites is 1. The van der Waals surface area contributed by atoms with Gasteiger partial charge in [-0.1, -0.05) is 48.0 Å². The van der Waals surface area contributed by atoms with E-state index < -0.39 is 0 Å². The van der Waals surface area contributed by atoms with Gasteiger partial charge in [-0.3, -0.25) is 0 Å². The molecule has 1 aliphatic rings. The van der Waals surface area contributed by atoms with Crippen LogP contribution in [0.1, 0.15) is 40.2 Å². The smallest absolute Gasteiger partial charge is 0.321 e. The molecule has 3 aromatic rings. The zero-order valence-electron chi connectivity index (χ0n) is 20.1. The van der Waals surface area contributed by atoms with E-state index in [0.717, 1.165) is 61.1 Å². The van der Waals surface area contributed by atoms with Crippen LogP contribution in [0.25, 0.3) is 0 Å². The third kappa shape index (κ3) is 5.51. The van der Waals surface area contributed by atoms with Crippen LogP contribution in [0.2, 0.25) is 0 Å². The first-order valence-electron chi connectivity index (χ1n) is 11.7. The Hall–Kier alpha value is -3.41. The molecule has 2 aromatic carbocycles. The Balaban J connectivity index is 1.51. The summed E-state index contributed by atoms with van der Waals surface area (Å²) in [6, 6.07) is 16.5.